The average Bonchev–Trinajstić information content (AvgIpc) is 2.47. The monoisotopic (exact) mass is 310 g/mol. The van der Waals surface area contributed by atoms with E-state index in [4.69, 9.17) is 9.47 Å². The summed E-state index contributed by atoms with van der Waals surface area (Å²) in [6, 6.07) is 6.59. The van der Waals surface area contributed by atoms with Gasteiger partial charge in [-0.2, -0.15) is 0 Å². The van der Waals surface area contributed by atoms with Crippen LogP contribution in [0.1, 0.15) is 60.2 Å². The lowest BCUT2D eigenvalue weighted by Crippen LogP contribution is -2.14. The normalized spacial score (nSPS) is 9.62. The summed E-state index contributed by atoms with van der Waals surface area (Å²) in [5, 5.41) is 0. The van der Waals surface area contributed by atoms with Crippen LogP contribution in [0.2, 0.25) is 0 Å². The van der Waals surface area contributed by atoms with Crippen molar-refractivity contribution in [3.8, 4) is 0 Å². The summed E-state index contributed by atoms with van der Waals surface area (Å²) in [6.07, 6.45) is 3.53. The summed E-state index contributed by atoms with van der Waals surface area (Å²) < 4.78 is 10.3. The van der Waals surface area contributed by atoms with E-state index >= 15 is 0 Å². The van der Waals surface area contributed by atoms with Gasteiger partial charge in [-0.1, -0.05) is 38.8 Å². The zero-order valence-corrected chi connectivity index (χ0v) is 12.2. The Hall–Kier alpha value is -1.62. The van der Waals surface area contributed by atoms with Crippen LogP contribution < -0.4 is 0 Å². The Morgan fingerprint density at radius 3 is 1.57 bits per heavy atom. The fourth-order valence-corrected chi connectivity index (χ4v) is 1.61. The van der Waals surface area contributed by atoms with Crippen molar-refractivity contribution in [2.24, 2.45) is 0 Å². The van der Waals surface area contributed by atoms with Crippen LogP contribution in [-0.2, 0) is 9.47 Å². The topological polar surface area (TPSA) is 52.6 Å². The van der Waals surface area contributed by atoms with Crippen molar-refractivity contribution in [1.29, 1.82) is 0 Å². The Balaban J connectivity index is 0.00000400. The molecule has 0 radical (unpaired) electrons. The predicted octanol–water partition coefficient (Wildman–Crippen LogP) is 2.15. The zero-order chi connectivity index (χ0) is 14.8. The molecule has 118 valence electrons. The molecule has 0 aliphatic rings. The average molecular weight is 310 g/mol. The standard InChI is InChI=1S/C16H22O4.H4Si/c1-3-5-11-19-15(17)13-9-7-8-10-14(13)16(18)20-12-6-4-2;/h7-10H,3-6,11-12H2,1-2H3;1H4. The number of hydrogen-bond acceptors (Lipinski definition) is 4. The highest BCUT2D eigenvalue weighted by atomic mass is 28.1. The lowest BCUT2D eigenvalue weighted by Gasteiger charge is -2.09. The first-order valence-electron chi connectivity index (χ1n) is 7.14. The molecule has 0 fully saturated rings. The molecule has 1 aromatic rings. The van der Waals surface area contributed by atoms with E-state index in [9.17, 15) is 9.59 Å². The highest BCUT2D eigenvalue weighted by Crippen LogP contribution is 2.12. The van der Waals surface area contributed by atoms with Gasteiger partial charge in [0.1, 0.15) is 0 Å². The predicted molar refractivity (Wildman–Crippen MR) is 88.2 cm³/mol. The highest BCUT2D eigenvalue weighted by Gasteiger charge is 2.18. The number of hydrogen-bond donors (Lipinski definition) is 0. The van der Waals surface area contributed by atoms with E-state index in [1.165, 1.54) is 0 Å². The van der Waals surface area contributed by atoms with Crippen molar-refractivity contribution >= 4 is 22.9 Å². The molecule has 0 unspecified atom stereocenters. The van der Waals surface area contributed by atoms with E-state index in [-0.39, 0.29) is 22.1 Å². The summed E-state index contributed by atoms with van der Waals surface area (Å²) in [7, 11) is 0. The van der Waals surface area contributed by atoms with Crippen LogP contribution >= 0.6 is 0 Å². The molecule has 1 rings (SSSR count). The smallest absolute Gasteiger partial charge is 0.339 e. The van der Waals surface area contributed by atoms with Crippen molar-refractivity contribution < 1.29 is 19.1 Å². The molecule has 0 saturated carbocycles. The molecule has 1 aromatic carbocycles. The van der Waals surface area contributed by atoms with Gasteiger partial charge in [-0.05, 0) is 35.9 Å². The first-order valence-corrected chi connectivity index (χ1v) is 7.14. The molecular formula is C16H26O4Si. The minimum atomic E-state index is -0.471. The number of carbonyl (C=O) groups is 2. The number of ether oxygens (including phenoxy) is 2. The van der Waals surface area contributed by atoms with Crippen molar-refractivity contribution in [2.45, 2.75) is 39.5 Å². The third kappa shape index (κ3) is 6.58. The Kier molecular flexibility index (Phi) is 10.2. The molecule has 0 heterocycles. The van der Waals surface area contributed by atoms with Crippen LogP contribution in [0.3, 0.4) is 0 Å². The maximum atomic E-state index is 11.9. The van der Waals surface area contributed by atoms with E-state index in [1.54, 1.807) is 24.3 Å². The van der Waals surface area contributed by atoms with E-state index in [0.717, 1.165) is 25.7 Å². The summed E-state index contributed by atoms with van der Waals surface area (Å²) in [5.41, 5.74) is 0.537. The van der Waals surface area contributed by atoms with Gasteiger partial charge in [0.25, 0.3) is 0 Å². The second-order valence-electron chi connectivity index (χ2n) is 4.52. The van der Waals surface area contributed by atoms with E-state index in [2.05, 4.69) is 0 Å². The number of rotatable bonds is 8. The molecule has 0 N–H and O–H groups in total. The first kappa shape index (κ1) is 19.4. The zero-order valence-electron chi connectivity index (χ0n) is 12.2. The molecule has 0 amide bonds. The Bertz CT molecular complexity index is 405. The summed E-state index contributed by atoms with van der Waals surface area (Å²) in [5.74, 6) is -0.942. The number of unbranched alkanes of at least 4 members (excludes halogenated alkanes) is 2. The van der Waals surface area contributed by atoms with Gasteiger partial charge in [0, 0.05) is 0 Å². The Labute approximate surface area is 130 Å². The van der Waals surface area contributed by atoms with Gasteiger partial charge in [-0.3, -0.25) is 0 Å². The molecule has 21 heavy (non-hydrogen) atoms. The van der Waals surface area contributed by atoms with Gasteiger partial charge >= 0.3 is 11.9 Å². The molecule has 0 spiro atoms. The third-order valence-electron chi connectivity index (χ3n) is 2.83. The van der Waals surface area contributed by atoms with Gasteiger partial charge < -0.3 is 9.47 Å². The van der Waals surface area contributed by atoms with Crippen molar-refractivity contribution in [1.82, 2.24) is 0 Å². The molecule has 0 bridgehead atoms. The lowest BCUT2D eigenvalue weighted by molar-refractivity contribution is 0.0452. The van der Waals surface area contributed by atoms with Gasteiger partial charge in [0.15, 0.2) is 0 Å². The largest absolute Gasteiger partial charge is 0.462 e. The third-order valence-corrected chi connectivity index (χ3v) is 2.83. The number of benzene rings is 1. The maximum absolute atomic E-state index is 11.9. The van der Waals surface area contributed by atoms with Crippen LogP contribution in [0, 0.1) is 0 Å². The minimum absolute atomic E-state index is 0. The summed E-state index contributed by atoms with van der Waals surface area (Å²) in [4.78, 5) is 23.9. The number of esters is 2. The van der Waals surface area contributed by atoms with Gasteiger partial charge in [0.2, 0.25) is 0 Å². The molecule has 0 aliphatic carbocycles. The van der Waals surface area contributed by atoms with Crippen LogP contribution in [-0.4, -0.2) is 36.1 Å². The van der Waals surface area contributed by atoms with Crippen LogP contribution in [0.15, 0.2) is 24.3 Å². The summed E-state index contributed by atoms with van der Waals surface area (Å²) >= 11 is 0. The SMILES string of the molecule is CCCCOC(=O)c1ccccc1C(=O)OCCCC.[SiH4]. The van der Waals surface area contributed by atoms with Crippen LogP contribution in [0.5, 0.6) is 0 Å². The van der Waals surface area contributed by atoms with E-state index in [0.29, 0.717) is 13.2 Å². The van der Waals surface area contributed by atoms with Crippen molar-refractivity contribution in [3.05, 3.63) is 35.4 Å². The molecule has 0 aliphatic heterocycles. The molecule has 0 aromatic heterocycles. The fraction of sp³-hybridized carbons (Fsp3) is 0.500. The fourth-order valence-electron chi connectivity index (χ4n) is 1.61. The van der Waals surface area contributed by atoms with Gasteiger partial charge in [-0.25, -0.2) is 9.59 Å². The Morgan fingerprint density at radius 2 is 1.24 bits per heavy atom. The van der Waals surface area contributed by atoms with Crippen LogP contribution in [0.4, 0.5) is 0 Å². The first-order chi connectivity index (χ1) is 9.70. The van der Waals surface area contributed by atoms with Crippen LogP contribution in [0.25, 0.3) is 0 Å². The highest BCUT2D eigenvalue weighted by molar-refractivity contribution is 6.03. The molecule has 0 atom stereocenters. The summed E-state index contributed by atoms with van der Waals surface area (Å²) in [6.45, 7) is 4.78. The second-order valence-corrected chi connectivity index (χ2v) is 4.52. The number of carbonyl (C=O) groups excluding carboxylic acids is 2. The van der Waals surface area contributed by atoms with E-state index < -0.39 is 11.9 Å². The lowest BCUT2D eigenvalue weighted by atomic mass is 10.1. The van der Waals surface area contributed by atoms with Gasteiger partial charge in [0.05, 0.1) is 24.3 Å². The second kappa shape index (κ2) is 11.1. The maximum Gasteiger partial charge on any atom is 0.339 e. The quantitative estimate of drug-likeness (QED) is 0.419. The van der Waals surface area contributed by atoms with E-state index in [1.807, 2.05) is 13.8 Å². The molecule has 0 saturated heterocycles. The van der Waals surface area contributed by atoms with Crippen molar-refractivity contribution in [2.75, 3.05) is 13.2 Å². The molecular weight excluding hydrogens is 284 g/mol. The molecule has 5 heteroatoms. The minimum Gasteiger partial charge on any atom is -0.462 e. The Morgan fingerprint density at radius 1 is 0.857 bits per heavy atom. The van der Waals surface area contributed by atoms with Gasteiger partial charge in [-0.15, -0.1) is 0 Å². The van der Waals surface area contributed by atoms with Crippen molar-refractivity contribution in [3.63, 3.8) is 0 Å². The molecule has 4 nitrogen and oxygen atoms in total.